The molecule has 0 spiro atoms. The van der Waals surface area contributed by atoms with Gasteiger partial charge in [0.2, 0.25) is 6.79 Å². The summed E-state index contributed by atoms with van der Waals surface area (Å²) in [6.07, 6.45) is 3.61. The molecule has 2 aromatic carbocycles. The molecule has 0 saturated carbocycles. The van der Waals surface area contributed by atoms with E-state index in [2.05, 4.69) is 37.5 Å². The van der Waals surface area contributed by atoms with Crippen molar-refractivity contribution in [2.45, 2.75) is 44.6 Å². The Morgan fingerprint density at radius 3 is 2.73 bits per heavy atom. The van der Waals surface area contributed by atoms with Crippen LogP contribution in [-0.2, 0) is 24.4 Å². The fourth-order valence-corrected chi connectivity index (χ4v) is 5.49. The molecular formula is C29H28N6O5. The molecule has 40 heavy (non-hydrogen) atoms. The number of rotatable bonds is 9. The molecule has 3 aromatic heterocycles. The summed E-state index contributed by atoms with van der Waals surface area (Å²) in [6.45, 7) is 2.33. The van der Waals surface area contributed by atoms with E-state index in [0.717, 1.165) is 36.2 Å². The Labute approximate surface area is 229 Å². The van der Waals surface area contributed by atoms with E-state index in [1.807, 2.05) is 42.5 Å². The van der Waals surface area contributed by atoms with Gasteiger partial charge in [-0.3, -0.25) is 9.69 Å². The maximum absolute atomic E-state index is 13.8. The first kappa shape index (κ1) is 24.6. The summed E-state index contributed by atoms with van der Waals surface area (Å²) < 4.78 is 24.6. The smallest absolute Gasteiger partial charge is 0.253 e. The van der Waals surface area contributed by atoms with Crippen LogP contribution in [0.4, 0.5) is 0 Å². The first-order valence-corrected chi connectivity index (χ1v) is 13.4. The number of pyridine rings is 1. The third kappa shape index (κ3) is 4.85. The van der Waals surface area contributed by atoms with E-state index in [9.17, 15) is 4.79 Å². The van der Waals surface area contributed by atoms with Gasteiger partial charge in [-0.25, -0.2) is 4.68 Å². The standard InChI is InChI=1S/C29H28N6O5/c36-29-23(12-20-13-25-26(40-18-39-25)14-24(20)30-29)27(28-31-32-33-35(28)17-22-9-5-11-38-22)34(16-21-8-4-10-37-21)15-19-6-2-1-3-7-19/h1-4,6-8,10,12-14,22,27H,5,9,11,15-18H2,(H,30,36)/t22-,27-/m0/s1. The van der Waals surface area contributed by atoms with Crippen molar-refractivity contribution in [3.05, 3.63) is 100.0 Å². The monoisotopic (exact) mass is 540 g/mol. The summed E-state index contributed by atoms with van der Waals surface area (Å²) >= 11 is 0. The van der Waals surface area contributed by atoms with Crippen LogP contribution in [0.25, 0.3) is 10.9 Å². The molecule has 0 bridgehead atoms. The third-order valence-corrected chi connectivity index (χ3v) is 7.40. The second-order valence-corrected chi connectivity index (χ2v) is 10.1. The van der Waals surface area contributed by atoms with Crippen LogP contribution in [-0.4, -0.2) is 49.6 Å². The number of furan rings is 1. The fraction of sp³-hybridized carbons (Fsp3) is 0.310. The van der Waals surface area contributed by atoms with Gasteiger partial charge in [-0.05, 0) is 53.1 Å². The maximum Gasteiger partial charge on any atom is 0.253 e. The zero-order valence-corrected chi connectivity index (χ0v) is 21.7. The molecule has 0 aliphatic carbocycles. The maximum atomic E-state index is 13.8. The lowest BCUT2D eigenvalue weighted by Gasteiger charge is -2.30. The molecule has 0 amide bonds. The van der Waals surface area contributed by atoms with Crippen molar-refractivity contribution in [1.82, 2.24) is 30.1 Å². The number of nitrogens with one attached hydrogen (secondary N) is 1. The summed E-state index contributed by atoms with van der Waals surface area (Å²) in [5.41, 5.74) is 2.02. The number of nitrogens with zero attached hydrogens (tertiary/aromatic N) is 5. The Morgan fingerprint density at radius 1 is 1.05 bits per heavy atom. The lowest BCUT2D eigenvalue weighted by atomic mass is 10.0. The van der Waals surface area contributed by atoms with Gasteiger partial charge < -0.3 is 23.6 Å². The van der Waals surface area contributed by atoms with E-state index in [1.165, 1.54) is 0 Å². The predicted molar refractivity (Wildman–Crippen MR) is 144 cm³/mol. The number of aromatic amines is 1. The Balaban J connectivity index is 1.38. The Kier molecular flexibility index (Phi) is 6.50. The molecule has 0 radical (unpaired) electrons. The van der Waals surface area contributed by atoms with Crippen molar-refractivity contribution in [3.63, 3.8) is 0 Å². The van der Waals surface area contributed by atoms with Crippen LogP contribution < -0.4 is 15.0 Å². The highest BCUT2D eigenvalue weighted by atomic mass is 16.7. The van der Waals surface area contributed by atoms with Gasteiger partial charge >= 0.3 is 0 Å². The van der Waals surface area contributed by atoms with Crippen LogP contribution >= 0.6 is 0 Å². The molecule has 7 rings (SSSR count). The zero-order valence-electron chi connectivity index (χ0n) is 21.7. The number of ether oxygens (including phenoxy) is 3. The number of H-pyrrole nitrogens is 1. The summed E-state index contributed by atoms with van der Waals surface area (Å²) in [7, 11) is 0. The fourth-order valence-electron chi connectivity index (χ4n) is 5.49. The first-order valence-electron chi connectivity index (χ1n) is 13.4. The minimum absolute atomic E-state index is 0.0187. The van der Waals surface area contributed by atoms with E-state index < -0.39 is 6.04 Å². The molecule has 2 aliphatic rings. The van der Waals surface area contributed by atoms with Gasteiger partial charge in [-0.15, -0.1) is 5.10 Å². The van der Waals surface area contributed by atoms with Crippen molar-refractivity contribution >= 4 is 10.9 Å². The molecule has 5 aromatic rings. The van der Waals surface area contributed by atoms with Crippen molar-refractivity contribution in [1.29, 1.82) is 0 Å². The summed E-state index contributed by atoms with van der Waals surface area (Å²) in [5.74, 6) is 2.57. The number of tetrazole rings is 1. The first-order chi connectivity index (χ1) is 19.7. The lowest BCUT2D eigenvalue weighted by molar-refractivity contribution is 0.0901. The summed E-state index contributed by atoms with van der Waals surface area (Å²) in [5, 5.41) is 13.7. The molecule has 11 nitrogen and oxygen atoms in total. The minimum Gasteiger partial charge on any atom is -0.468 e. The SMILES string of the molecule is O=c1[nH]c2cc3c(cc2cc1[C@@H](c1nnnn1C[C@@H]1CCCO1)N(Cc1ccccc1)Cc1ccco1)OCO3. The number of aromatic nitrogens is 5. The van der Waals surface area contributed by atoms with Gasteiger partial charge in [0.05, 0.1) is 31.0 Å². The molecular weight excluding hydrogens is 512 g/mol. The molecule has 11 heteroatoms. The Bertz CT molecular complexity index is 1660. The molecule has 2 aliphatic heterocycles. The van der Waals surface area contributed by atoms with Crippen LogP contribution in [0.5, 0.6) is 11.5 Å². The molecule has 1 N–H and O–H groups in total. The summed E-state index contributed by atoms with van der Waals surface area (Å²) in [4.78, 5) is 19.0. The third-order valence-electron chi connectivity index (χ3n) is 7.40. The quantitative estimate of drug-likeness (QED) is 0.298. The Hall–Kier alpha value is -4.48. The molecule has 2 atom stereocenters. The molecule has 1 saturated heterocycles. The average Bonchev–Trinajstić information content (AvgIpc) is 3.78. The van der Waals surface area contributed by atoms with Crippen molar-refractivity contribution in [3.8, 4) is 11.5 Å². The topological polar surface area (TPSA) is 121 Å². The van der Waals surface area contributed by atoms with Gasteiger partial charge in [0.15, 0.2) is 17.3 Å². The van der Waals surface area contributed by atoms with E-state index in [4.69, 9.17) is 18.6 Å². The van der Waals surface area contributed by atoms with E-state index in [0.29, 0.717) is 48.0 Å². The van der Waals surface area contributed by atoms with Gasteiger partial charge in [0.25, 0.3) is 5.56 Å². The number of hydrogen-bond acceptors (Lipinski definition) is 9. The van der Waals surface area contributed by atoms with Crippen molar-refractivity contribution < 1.29 is 18.6 Å². The van der Waals surface area contributed by atoms with E-state index in [-0.39, 0.29) is 18.5 Å². The average molecular weight is 541 g/mol. The highest BCUT2D eigenvalue weighted by Crippen LogP contribution is 2.37. The normalized spacial score (nSPS) is 17.2. The molecule has 1 fully saturated rings. The van der Waals surface area contributed by atoms with Crippen molar-refractivity contribution in [2.24, 2.45) is 0 Å². The molecule has 204 valence electrons. The van der Waals surface area contributed by atoms with Crippen molar-refractivity contribution in [2.75, 3.05) is 13.4 Å². The molecule has 5 heterocycles. The van der Waals surface area contributed by atoms with Gasteiger partial charge in [0.1, 0.15) is 11.8 Å². The minimum atomic E-state index is -0.597. The van der Waals surface area contributed by atoms with Crippen LogP contribution in [0.3, 0.4) is 0 Å². The second-order valence-electron chi connectivity index (χ2n) is 10.1. The molecule has 0 unspecified atom stereocenters. The highest BCUT2D eigenvalue weighted by Gasteiger charge is 2.33. The number of fused-ring (bicyclic) bond motifs is 2. The van der Waals surface area contributed by atoms with Gasteiger partial charge in [-0.2, -0.15) is 0 Å². The number of benzene rings is 2. The summed E-state index contributed by atoms with van der Waals surface area (Å²) in [6, 6.07) is 18.9. The number of hydrogen-bond donors (Lipinski definition) is 1. The van der Waals surface area contributed by atoms with Gasteiger partial charge in [-0.1, -0.05) is 30.3 Å². The van der Waals surface area contributed by atoms with Crippen LogP contribution in [0.2, 0.25) is 0 Å². The predicted octanol–water partition coefficient (Wildman–Crippen LogP) is 3.81. The highest BCUT2D eigenvalue weighted by molar-refractivity contribution is 5.83. The lowest BCUT2D eigenvalue weighted by Crippen LogP contribution is -2.35. The largest absolute Gasteiger partial charge is 0.468 e. The van der Waals surface area contributed by atoms with E-state index >= 15 is 0 Å². The zero-order chi connectivity index (χ0) is 26.9. The Morgan fingerprint density at radius 2 is 1.93 bits per heavy atom. The second kappa shape index (κ2) is 10.6. The van der Waals surface area contributed by atoms with Crippen LogP contribution in [0.15, 0.2) is 76.1 Å². The van der Waals surface area contributed by atoms with Crippen LogP contribution in [0.1, 0.15) is 41.6 Å². The van der Waals surface area contributed by atoms with Gasteiger partial charge in [0, 0.05) is 30.2 Å². The van der Waals surface area contributed by atoms with E-state index in [1.54, 1.807) is 17.0 Å². The van der Waals surface area contributed by atoms with Crippen LogP contribution in [0, 0.1) is 0 Å².